The average molecular weight is 430 g/mol. The van der Waals surface area contributed by atoms with Crippen molar-refractivity contribution < 1.29 is 23.9 Å². The van der Waals surface area contributed by atoms with Gasteiger partial charge in [-0.1, -0.05) is 0 Å². The first-order chi connectivity index (χ1) is 14.9. The number of likely N-dealkylation sites (N-methyl/N-ethyl adjacent to an activating group) is 1. The third-order valence-corrected chi connectivity index (χ3v) is 5.86. The van der Waals surface area contributed by atoms with Crippen LogP contribution in [-0.4, -0.2) is 73.3 Å². The van der Waals surface area contributed by atoms with Crippen molar-refractivity contribution in [1.29, 1.82) is 0 Å². The predicted octanol–water partition coefficient (Wildman–Crippen LogP) is 2.08. The Labute approximate surface area is 183 Å². The Bertz CT molecular complexity index is 823. The maximum Gasteiger partial charge on any atom is 0.310 e. The third-order valence-electron chi connectivity index (χ3n) is 5.86. The molecule has 0 N–H and O–H groups in total. The van der Waals surface area contributed by atoms with E-state index in [1.165, 1.54) is 4.90 Å². The van der Waals surface area contributed by atoms with Crippen LogP contribution in [0.1, 0.15) is 49.4 Å². The molecule has 0 bridgehead atoms. The van der Waals surface area contributed by atoms with Gasteiger partial charge in [-0.25, -0.2) is 0 Å². The topological polar surface area (TPSA) is 87.2 Å². The molecule has 8 heteroatoms. The molecule has 0 aromatic heterocycles. The van der Waals surface area contributed by atoms with Crippen LogP contribution in [0.15, 0.2) is 24.3 Å². The number of hydrogen-bond acceptors (Lipinski definition) is 5. The second-order valence-corrected chi connectivity index (χ2v) is 8.14. The molecule has 31 heavy (non-hydrogen) atoms. The molecular formula is C23H31N3O5. The van der Waals surface area contributed by atoms with Crippen molar-refractivity contribution in [2.24, 2.45) is 5.92 Å². The number of amides is 3. The van der Waals surface area contributed by atoms with Gasteiger partial charge in [0.2, 0.25) is 11.8 Å². The second kappa shape index (κ2) is 10.4. The zero-order valence-electron chi connectivity index (χ0n) is 18.3. The number of likely N-dealkylation sites (tertiary alicyclic amines) is 1. The summed E-state index contributed by atoms with van der Waals surface area (Å²) in [5.74, 6) is -0.902. The zero-order valence-corrected chi connectivity index (χ0v) is 18.3. The Morgan fingerprint density at radius 2 is 1.84 bits per heavy atom. The van der Waals surface area contributed by atoms with E-state index in [9.17, 15) is 19.2 Å². The second-order valence-electron chi connectivity index (χ2n) is 8.14. The Balaban J connectivity index is 1.56. The fourth-order valence-electron chi connectivity index (χ4n) is 4.11. The van der Waals surface area contributed by atoms with E-state index in [4.69, 9.17) is 4.74 Å². The fraction of sp³-hybridized carbons (Fsp3) is 0.565. The summed E-state index contributed by atoms with van der Waals surface area (Å²) in [6, 6.07) is 6.94. The number of piperidine rings is 2. The standard InChI is InChI=1S/C23H31N3O5/c1-3-31-23(30)18-7-6-13-25(15-18)21(28)16-24(2)22(29)17-9-11-19(12-10-17)26-14-5-4-8-20(26)27/h9-12,18H,3-8,13-16H2,1-2H3. The third kappa shape index (κ3) is 5.62. The van der Waals surface area contributed by atoms with Gasteiger partial charge in [0.15, 0.2) is 0 Å². The molecule has 168 valence electrons. The van der Waals surface area contributed by atoms with Crippen molar-refractivity contribution in [2.75, 3.05) is 44.7 Å². The average Bonchev–Trinajstić information content (AvgIpc) is 2.79. The van der Waals surface area contributed by atoms with Gasteiger partial charge in [-0.3, -0.25) is 19.2 Å². The minimum atomic E-state index is -0.302. The molecule has 1 atom stereocenters. The van der Waals surface area contributed by atoms with Crippen molar-refractivity contribution in [3.63, 3.8) is 0 Å². The van der Waals surface area contributed by atoms with Gasteiger partial charge in [0.1, 0.15) is 0 Å². The number of nitrogens with zero attached hydrogens (tertiary/aromatic N) is 3. The van der Waals surface area contributed by atoms with Crippen molar-refractivity contribution in [2.45, 2.75) is 39.0 Å². The SMILES string of the molecule is CCOC(=O)C1CCCN(C(=O)CN(C)C(=O)c2ccc(N3CCCCC3=O)cc2)C1. The number of carbonyl (C=O) groups is 4. The minimum Gasteiger partial charge on any atom is -0.466 e. The molecule has 3 rings (SSSR count). The van der Waals surface area contributed by atoms with E-state index in [1.807, 2.05) is 0 Å². The first kappa shape index (κ1) is 22.8. The zero-order chi connectivity index (χ0) is 22.4. The van der Waals surface area contributed by atoms with Crippen molar-refractivity contribution in [3.8, 4) is 0 Å². The number of hydrogen-bond donors (Lipinski definition) is 0. The van der Waals surface area contributed by atoms with Gasteiger partial charge in [-0.2, -0.15) is 0 Å². The summed E-state index contributed by atoms with van der Waals surface area (Å²) in [6.45, 7) is 3.64. The molecule has 2 fully saturated rings. The van der Waals surface area contributed by atoms with E-state index in [1.54, 1.807) is 48.0 Å². The number of esters is 1. The van der Waals surface area contributed by atoms with Crippen LogP contribution in [0.4, 0.5) is 5.69 Å². The van der Waals surface area contributed by atoms with Crippen molar-refractivity contribution in [1.82, 2.24) is 9.80 Å². The highest BCUT2D eigenvalue weighted by Gasteiger charge is 2.30. The van der Waals surface area contributed by atoms with Gasteiger partial charge >= 0.3 is 5.97 Å². The van der Waals surface area contributed by atoms with Gasteiger partial charge in [0.05, 0.1) is 19.1 Å². The lowest BCUT2D eigenvalue weighted by Crippen LogP contribution is -2.47. The van der Waals surface area contributed by atoms with Gasteiger partial charge in [-0.05, 0) is 56.9 Å². The minimum absolute atomic E-state index is 0.0548. The fourth-order valence-corrected chi connectivity index (χ4v) is 4.11. The first-order valence-electron chi connectivity index (χ1n) is 11.0. The lowest BCUT2D eigenvalue weighted by molar-refractivity contribution is -0.151. The summed E-state index contributed by atoms with van der Waals surface area (Å²) in [6.07, 6.45) is 3.90. The van der Waals surface area contributed by atoms with Crippen LogP contribution in [0.2, 0.25) is 0 Å². The molecule has 0 spiro atoms. The lowest BCUT2D eigenvalue weighted by Gasteiger charge is -2.32. The number of rotatable bonds is 6. The van der Waals surface area contributed by atoms with Crippen LogP contribution < -0.4 is 4.90 Å². The van der Waals surface area contributed by atoms with E-state index in [2.05, 4.69) is 0 Å². The highest BCUT2D eigenvalue weighted by molar-refractivity contribution is 5.98. The van der Waals surface area contributed by atoms with Crippen LogP contribution in [0.3, 0.4) is 0 Å². The van der Waals surface area contributed by atoms with Crippen LogP contribution >= 0.6 is 0 Å². The van der Waals surface area contributed by atoms with Crippen molar-refractivity contribution >= 4 is 29.4 Å². The largest absolute Gasteiger partial charge is 0.466 e. The normalized spacial score (nSPS) is 19.2. The smallest absolute Gasteiger partial charge is 0.310 e. The molecule has 3 amide bonds. The summed E-state index contributed by atoms with van der Waals surface area (Å²) >= 11 is 0. The van der Waals surface area contributed by atoms with Gasteiger partial charge in [-0.15, -0.1) is 0 Å². The number of anilines is 1. The quantitative estimate of drug-likeness (QED) is 0.646. The van der Waals surface area contributed by atoms with Gasteiger partial charge in [0.25, 0.3) is 5.91 Å². The molecule has 1 aromatic carbocycles. The summed E-state index contributed by atoms with van der Waals surface area (Å²) in [5.41, 5.74) is 1.25. The van der Waals surface area contributed by atoms with E-state index in [0.29, 0.717) is 44.6 Å². The van der Waals surface area contributed by atoms with E-state index in [-0.39, 0.29) is 36.2 Å². The molecule has 2 aliphatic heterocycles. The van der Waals surface area contributed by atoms with Crippen LogP contribution in [0, 0.1) is 5.92 Å². The van der Waals surface area contributed by atoms with Crippen LogP contribution in [-0.2, 0) is 19.1 Å². The molecule has 1 unspecified atom stereocenters. The Morgan fingerprint density at radius 3 is 2.52 bits per heavy atom. The maximum absolute atomic E-state index is 12.8. The van der Waals surface area contributed by atoms with Gasteiger partial charge < -0.3 is 19.4 Å². The van der Waals surface area contributed by atoms with E-state index in [0.717, 1.165) is 24.9 Å². The Morgan fingerprint density at radius 1 is 1.10 bits per heavy atom. The van der Waals surface area contributed by atoms with E-state index < -0.39 is 0 Å². The molecule has 2 aliphatic rings. The molecule has 8 nitrogen and oxygen atoms in total. The molecule has 1 aromatic rings. The number of benzene rings is 1. The van der Waals surface area contributed by atoms with Crippen molar-refractivity contribution in [3.05, 3.63) is 29.8 Å². The Hall–Kier alpha value is -2.90. The van der Waals surface area contributed by atoms with Gasteiger partial charge in [0, 0.05) is 44.4 Å². The number of carbonyl (C=O) groups excluding carboxylic acids is 4. The monoisotopic (exact) mass is 429 g/mol. The predicted molar refractivity (Wildman–Crippen MR) is 116 cm³/mol. The summed E-state index contributed by atoms with van der Waals surface area (Å²) < 4.78 is 5.08. The van der Waals surface area contributed by atoms with Crippen LogP contribution in [0.25, 0.3) is 0 Å². The van der Waals surface area contributed by atoms with E-state index >= 15 is 0 Å². The summed E-state index contributed by atoms with van der Waals surface area (Å²) in [5, 5.41) is 0. The highest BCUT2D eigenvalue weighted by Crippen LogP contribution is 2.22. The molecule has 2 heterocycles. The van der Waals surface area contributed by atoms with Crippen LogP contribution in [0.5, 0.6) is 0 Å². The molecule has 0 saturated carbocycles. The molecule has 2 saturated heterocycles. The molecule has 0 aliphatic carbocycles. The lowest BCUT2D eigenvalue weighted by atomic mass is 9.98. The Kier molecular flexibility index (Phi) is 7.65. The highest BCUT2D eigenvalue weighted by atomic mass is 16.5. The summed E-state index contributed by atoms with van der Waals surface area (Å²) in [7, 11) is 1.59. The number of ether oxygens (including phenoxy) is 1. The molecule has 0 radical (unpaired) electrons. The maximum atomic E-state index is 12.8. The molecular weight excluding hydrogens is 398 g/mol. The first-order valence-corrected chi connectivity index (χ1v) is 11.0. The summed E-state index contributed by atoms with van der Waals surface area (Å²) in [4.78, 5) is 54.3.